The Balaban J connectivity index is 3.99. The molecule has 0 radical (unpaired) electrons. The topological polar surface area (TPSA) is 99.7 Å². The number of nitroso groups, excluding NO2 is 1. The maximum atomic E-state index is 12.0. The van der Waals surface area contributed by atoms with Crippen LogP contribution in [0.2, 0.25) is 0 Å². The highest BCUT2D eigenvalue weighted by molar-refractivity contribution is 5.87. The van der Waals surface area contributed by atoms with E-state index in [-0.39, 0.29) is 30.9 Å². The fourth-order valence-electron chi connectivity index (χ4n) is 2.01. The van der Waals surface area contributed by atoms with Gasteiger partial charge >= 0.3 is 0 Å². The highest BCUT2D eigenvalue weighted by Crippen LogP contribution is 1.97. The Morgan fingerprint density at radius 1 is 1.09 bits per heavy atom. The van der Waals surface area contributed by atoms with Gasteiger partial charge in [0, 0.05) is 12.6 Å². The van der Waals surface area contributed by atoms with Gasteiger partial charge in [-0.3, -0.25) is 9.59 Å². The maximum absolute atomic E-state index is 12.0. The highest BCUT2D eigenvalue weighted by atomic mass is 16.3. The van der Waals surface area contributed by atoms with Gasteiger partial charge in [0.2, 0.25) is 11.8 Å². The molecule has 0 bridgehead atoms. The Morgan fingerprint density at radius 3 is 2.41 bits per heavy atom. The highest BCUT2D eigenvalue weighted by Gasteiger charge is 2.19. The van der Waals surface area contributed by atoms with Crippen LogP contribution in [0.5, 0.6) is 0 Å². The van der Waals surface area contributed by atoms with Crippen LogP contribution in [0, 0.1) is 4.91 Å². The molecule has 0 heterocycles. The molecule has 0 saturated carbocycles. The van der Waals surface area contributed by atoms with Crippen molar-refractivity contribution in [3.63, 3.8) is 0 Å². The van der Waals surface area contributed by atoms with E-state index in [0.717, 1.165) is 19.3 Å². The molecule has 22 heavy (non-hydrogen) atoms. The lowest BCUT2D eigenvalue weighted by Crippen LogP contribution is -2.49. The Bertz CT molecular complexity index is 335. The predicted molar refractivity (Wildman–Crippen MR) is 87.5 cm³/mol. The first-order valence-corrected chi connectivity index (χ1v) is 8.10. The minimum absolute atomic E-state index is 0.0442. The Morgan fingerprint density at radius 2 is 1.82 bits per heavy atom. The molecule has 128 valence electrons. The summed E-state index contributed by atoms with van der Waals surface area (Å²) in [4.78, 5) is 33.8. The van der Waals surface area contributed by atoms with Gasteiger partial charge in [0.05, 0.1) is 19.1 Å². The van der Waals surface area contributed by atoms with Crippen molar-refractivity contribution >= 4 is 11.8 Å². The van der Waals surface area contributed by atoms with Crippen LogP contribution in [0.1, 0.15) is 52.9 Å². The molecule has 3 N–H and O–H groups in total. The SMILES string of the molecule is CCCCCCNC(=O)CNC(=O)C(CCN=O)NC(C)C. The second kappa shape index (κ2) is 13.2. The normalized spacial score (nSPS) is 12.0. The first-order valence-electron chi connectivity index (χ1n) is 8.10. The number of nitrogens with zero attached hydrogens (tertiary/aromatic N) is 1. The Hall–Kier alpha value is -1.50. The van der Waals surface area contributed by atoms with E-state index >= 15 is 0 Å². The van der Waals surface area contributed by atoms with E-state index in [4.69, 9.17) is 0 Å². The zero-order valence-electron chi connectivity index (χ0n) is 14.0. The van der Waals surface area contributed by atoms with Crippen LogP contribution in [0.25, 0.3) is 0 Å². The summed E-state index contributed by atoms with van der Waals surface area (Å²) in [5.74, 6) is -0.472. The summed E-state index contributed by atoms with van der Waals surface area (Å²) in [6.07, 6.45) is 4.70. The van der Waals surface area contributed by atoms with Gasteiger partial charge in [0.1, 0.15) is 0 Å². The van der Waals surface area contributed by atoms with Gasteiger partial charge in [-0.2, -0.15) is 4.91 Å². The van der Waals surface area contributed by atoms with Crippen LogP contribution >= 0.6 is 0 Å². The van der Waals surface area contributed by atoms with Crippen molar-refractivity contribution in [3.8, 4) is 0 Å². The van der Waals surface area contributed by atoms with Crippen LogP contribution in [0.4, 0.5) is 0 Å². The summed E-state index contributed by atoms with van der Waals surface area (Å²) < 4.78 is 0. The quantitative estimate of drug-likeness (QED) is 0.352. The van der Waals surface area contributed by atoms with E-state index in [0.29, 0.717) is 13.0 Å². The van der Waals surface area contributed by atoms with Crippen molar-refractivity contribution in [2.45, 2.75) is 65.0 Å². The molecule has 0 spiro atoms. The number of amides is 2. The van der Waals surface area contributed by atoms with E-state index in [1.165, 1.54) is 6.42 Å². The van der Waals surface area contributed by atoms with Crippen LogP contribution in [0.3, 0.4) is 0 Å². The maximum Gasteiger partial charge on any atom is 0.239 e. The lowest BCUT2D eigenvalue weighted by molar-refractivity contribution is -0.127. The number of unbranched alkanes of at least 4 members (excludes halogenated alkanes) is 3. The average Bonchev–Trinajstić information content (AvgIpc) is 2.48. The van der Waals surface area contributed by atoms with Crippen molar-refractivity contribution < 1.29 is 9.59 Å². The number of hydrogen-bond donors (Lipinski definition) is 3. The molecule has 2 amide bonds. The molecule has 0 aromatic rings. The summed E-state index contributed by atoms with van der Waals surface area (Å²) in [6, 6.07) is -0.398. The fourth-order valence-corrected chi connectivity index (χ4v) is 2.01. The summed E-state index contributed by atoms with van der Waals surface area (Å²) in [6.45, 7) is 6.63. The third kappa shape index (κ3) is 11.2. The van der Waals surface area contributed by atoms with Crippen LogP contribution in [-0.4, -0.2) is 43.5 Å². The van der Waals surface area contributed by atoms with Crippen molar-refractivity contribution in [3.05, 3.63) is 4.91 Å². The number of nitrogens with one attached hydrogen (secondary N) is 3. The minimum Gasteiger partial charge on any atom is -0.355 e. The van der Waals surface area contributed by atoms with E-state index in [1.54, 1.807) is 0 Å². The molecule has 0 rings (SSSR count). The van der Waals surface area contributed by atoms with Gasteiger partial charge in [-0.15, -0.1) is 0 Å². The molecule has 0 aliphatic carbocycles. The number of rotatable bonds is 13. The molecule has 0 saturated heterocycles. The molecule has 0 aliphatic heterocycles. The van der Waals surface area contributed by atoms with Gasteiger partial charge in [-0.05, 0) is 12.8 Å². The van der Waals surface area contributed by atoms with Crippen molar-refractivity contribution in [2.24, 2.45) is 5.18 Å². The first kappa shape index (κ1) is 20.5. The average molecular weight is 314 g/mol. The summed E-state index contributed by atoms with van der Waals surface area (Å²) >= 11 is 0. The molecule has 7 nitrogen and oxygen atoms in total. The molecular formula is C15H30N4O3. The number of carbonyl (C=O) groups is 2. The monoisotopic (exact) mass is 314 g/mol. The molecule has 1 unspecified atom stereocenters. The van der Waals surface area contributed by atoms with Crippen LogP contribution in [-0.2, 0) is 9.59 Å². The first-order chi connectivity index (χ1) is 10.5. The van der Waals surface area contributed by atoms with Crippen molar-refractivity contribution in [1.29, 1.82) is 0 Å². The van der Waals surface area contributed by atoms with E-state index in [2.05, 4.69) is 28.1 Å². The van der Waals surface area contributed by atoms with Crippen LogP contribution in [0.15, 0.2) is 5.18 Å². The molecule has 1 atom stereocenters. The number of hydrogen-bond acceptors (Lipinski definition) is 5. The molecule has 0 fully saturated rings. The molecule has 0 aromatic heterocycles. The standard InChI is InChI=1S/C15H30N4O3/c1-4-5-6-7-9-16-14(20)11-17-15(21)13(8-10-18-22)19-12(2)3/h12-13,19H,4-11H2,1-3H3,(H,16,20)(H,17,21). The third-order valence-electron chi connectivity index (χ3n) is 3.14. The Labute approximate surface area is 133 Å². The second-order valence-corrected chi connectivity index (χ2v) is 5.64. The second-order valence-electron chi connectivity index (χ2n) is 5.64. The lowest BCUT2D eigenvalue weighted by Gasteiger charge is -2.19. The van der Waals surface area contributed by atoms with E-state index in [1.807, 2.05) is 13.8 Å². The minimum atomic E-state index is -0.505. The van der Waals surface area contributed by atoms with Gasteiger partial charge in [-0.1, -0.05) is 45.2 Å². The van der Waals surface area contributed by atoms with Gasteiger partial charge in [0.15, 0.2) is 0 Å². The summed E-state index contributed by atoms with van der Waals surface area (Å²) in [5.41, 5.74) is 0. The summed E-state index contributed by atoms with van der Waals surface area (Å²) in [5, 5.41) is 11.2. The van der Waals surface area contributed by atoms with Gasteiger partial charge in [0.25, 0.3) is 0 Å². The Kier molecular flexibility index (Phi) is 12.3. The van der Waals surface area contributed by atoms with E-state index in [9.17, 15) is 14.5 Å². The molecular weight excluding hydrogens is 284 g/mol. The van der Waals surface area contributed by atoms with E-state index < -0.39 is 6.04 Å². The van der Waals surface area contributed by atoms with Gasteiger partial charge < -0.3 is 16.0 Å². The van der Waals surface area contributed by atoms with Gasteiger partial charge in [-0.25, -0.2) is 0 Å². The third-order valence-corrected chi connectivity index (χ3v) is 3.14. The predicted octanol–water partition coefficient (Wildman–Crippen LogP) is 1.32. The van der Waals surface area contributed by atoms with Crippen molar-refractivity contribution in [2.75, 3.05) is 19.6 Å². The molecule has 0 aliphatic rings. The largest absolute Gasteiger partial charge is 0.355 e. The zero-order valence-corrected chi connectivity index (χ0v) is 14.0. The number of carbonyl (C=O) groups excluding carboxylic acids is 2. The summed E-state index contributed by atoms with van der Waals surface area (Å²) in [7, 11) is 0. The smallest absolute Gasteiger partial charge is 0.239 e. The zero-order chi connectivity index (χ0) is 16.8. The molecule has 0 aromatic carbocycles. The lowest BCUT2D eigenvalue weighted by atomic mass is 10.1. The van der Waals surface area contributed by atoms with Crippen LogP contribution < -0.4 is 16.0 Å². The van der Waals surface area contributed by atoms with Crippen molar-refractivity contribution in [1.82, 2.24) is 16.0 Å². The molecule has 7 heteroatoms. The fraction of sp³-hybridized carbons (Fsp3) is 0.867.